The molecule has 1 aliphatic heterocycles. The first kappa shape index (κ1) is 22.0. The van der Waals surface area contributed by atoms with Crippen molar-refractivity contribution in [2.45, 2.75) is 65.6 Å². The Morgan fingerprint density at radius 2 is 1.68 bits per heavy atom. The lowest BCUT2D eigenvalue weighted by Gasteiger charge is -2.33. The van der Waals surface area contributed by atoms with E-state index >= 15 is 0 Å². The molecule has 154 valence electrons. The van der Waals surface area contributed by atoms with Crippen molar-refractivity contribution < 1.29 is 14.3 Å². The molecule has 0 saturated heterocycles. The summed E-state index contributed by atoms with van der Waals surface area (Å²) in [6.07, 6.45) is 5.66. The SMILES string of the molecule is CC(C)[C@@H]1C/C=C\C[C@@H](C)Oc2ccccc2C(=O)N(C)[C@@H](C(C)C)C(=O)N1. The Morgan fingerprint density at radius 1 is 1.04 bits per heavy atom. The zero-order valence-electron chi connectivity index (χ0n) is 17.9. The van der Waals surface area contributed by atoms with Crippen LogP contribution >= 0.6 is 0 Å². The predicted molar refractivity (Wildman–Crippen MR) is 112 cm³/mol. The number of likely N-dealkylation sites (N-methyl/N-ethyl adjacent to an activating group) is 1. The van der Waals surface area contributed by atoms with E-state index in [-0.39, 0.29) is 29.9 Å². The molecule has 5 nitrogen and oxygen atoms in total. The fraction of sp³-hybridized carbons (Fsp3) is 0.565. The number of nitrogens with zero attached hydrogens (tertiary/aromatic N) is 1. The lowest BCUT2D eigenvalue weighted by Crippen LogP contribution is -2.53. The summed E-state index contributed by atoms with van der Waals surface area (Å²) in [7, 11) is 1.70. The van der Waals surface area contributed by atoms with Gasteiger partial charge in [-0.15, -0.1) is 0 Å². The summed E-state index contributed by atoms with van der Waals surface area (Å²) in [6.45, 7) is 10.1. The number of hydrogen-bond donors (Lipinski definition) is 1. The van der Waals surface area contributed by atoms with Crippen molar-refractivity contribution >= 4 is 11.8 Å². The summed E-state index contributed by atoms with van der Waals surface area (Å²) < 4.78 is 6.06. The highest BCUT2D eigenvalue weighted by molar-refractivity contribution is 5.99. The third kappa shape index (κ3) is 5.37. The molecule has 1 aromatic carbocycles. The van der Waals surface area contributed by atoms with Crippen LogP contribution in [0.3, 0.4) is 0 Å². The van der Waals surface area contributed by atoms with Gasteiger partial charge in [0.05, 0.1) is 11.7 Å². The first-order valence-corrected chi connectivity index (χ1v) is 10.2. The second-order valence-electron chi connectivity index (χ2n) is 8.33. The Labute approximate surface area is 169 Å². The molecule has 0 aliphatic carbocycles. The van der Waals surface area contributed by atoms with Crippen LogP contribution in [-0.2, 0) is 4.79 Å². The molecule has 0 saturated carbocycles. The molecule has 0 unspecified atom stereocenters. The average molecular weight is 387 g/mol. The van der Waals surface area contributed by atoms with Crippen molar-refractivity contribution in [2.24, 2.45) is 11.8 Å². The number of benzene rings is 1. The summed E-state index contributed by atoms with van der Waals surface area (Å²) in [6, 6.07) is 6.73. The van der Waals surface area contributed by atoms with Crippen molar-refractivity contribution in [1.82, 2.24) is 10.2 Å². The first-order chi connectivity index (χ1) is 13.2. The summed E-state index contributed by atoms with van der Waals surface area (Å²) in [4.78, 5) is 27.9. The summed E-state index contributed by atoms with van der Waals surface area (Å²) in [5.74, 6) is 0.523. The number of fused-ring (bicyclic) bond motifs is 1. The van der Waals surface area contributed by atoms with Gasteiger partial charge in [0.2, 0.25) is 5.91 Å². The molecular formula is C23H34N2O3. The quantitative estimate of drug-likeness (QED) is 0.781. The van der Waals surface area contributed by atoms with Crippen LogP contribution in [0.1, 0.15) is 57.8 Å². The van der Waals surface area contributed by atoms with Gasteiger partial charge in [-0.05, 0) is 37.3 Å². The third-order valence-electron chi connectivity index (χ3n) is 5.24. The molecule has 0 radical (unpaired) electrons. The maximum absolute atomic E-state index is 13.2. The van der Waals surface area contributed by atoms with Crippen molar-refractivity contribution in [3.63, 3.8) is 0 Å². The number of amides is 2. The van der Waals surface area contributed by atoms with Gasteiger partial charge < -0.3 is 15.0 Å². The molecule has 0 spiro atoms. The van der Waals surface area contributed by atoms with Crippen LogP contribution in [0.2, 0.25) is 0 Å². The molecule has 1 heterocycles. The van der Waals surface area contributed by atoms with Crippen LogP contribution < -0.4 is 10.1 Å². The van der Waals surface area contributed by atoms with Crippen molar-refractivity contribution in [3.8, 4) is 5.75 Å². The molecule has 5 heteroatoms. The molecule has 2 rings (SSSR count). The van der Waals surface area contributed by atoms with Gasteiger partial charge in [-0.25, -0.2) is 0 Å². The fourth-order valence-corrected chi connectivity index (χ4v) is 3.55. The maximum atomic E-state index is 13.2. The van der Waals surface area contributed by atoms with Crippen molar-refractivity contribution in [3.05, 3.63) is 42.0 Å². The van der Waals surface area contributed by atoms with E-state index in [1.807, 2.05) is 39.0 Å². The monoisotopic (exact) mass is 386 g/mol. The molecule has 0 fully saturated rings. The maximum Gasteiger partial charge on any atom is 0.258 e. The van der Waals surface area contributed by atoms with E-state index in [4.69, 9.17) is 4.74 Å². The van der Waals surface area contributed by atoms with Gasteiger partial charge in [0.1, 0.15) is 11.8 Å². The van der Waals surface area contributed by atoms with Gasteiger partial charge >= 0.3 is 0 Å². The number of carbonyl (C=O) groups excluding carboxylic acids is 2. The lowest BCUT2D eigenvalue weighted by molar-refractivity contribution is -0.127. The molecule has 0 aromatic heterocycles. The van der Waals surface area contributed by atoms with E-state index in [0.717, 1.165) is 12.8 Å². The Kier molecular flexibility index (Phi) is 7.67. The number of hydrogen-bond acceptors (Lipinski definition) is 3. The Morgan fingerprint density at radius 3 is 2.32 bits per heavy atom. The van der Waals surface area contributed by atoms with Gasteiger partial charge in [-0.2, -0.15) is 0 Å². The summed E-state index contributed by atoms with van der Waals surface area (Å²) in [5, 5.41) is 3.17. The topological polar surface area (TPSA) is 58.6 Å². The second-order valence-corrected chi connectivity index (χ2v) is 8.33. The Balaban J connectivity index is 2.45. The van der Waals surface area contributed by atoms with E-state index in [9.17, 15) is 9.59 Å². The Bertz CT molecular complexity index is 712. The molecular weight excluding hydrogens is 352 g/mol. The minimum Gasteiger partial charge on any atom is -0.490 e. The van der Waals surface area contributed by atoms with Gasteiger partial charge in [-0.3, -0.25) is 9.59 Å². The van der Waals surface area contributed by atoms with E-state index in [2.05, 4.69) is 31.3 Å². The molecule has 0 bridgehead atoms. The van der Waals surface area contributed by atoms with Crippen molar-refractivity contribution in [2.75, 3.05) is 7.05 Å². The smallest absolute Gasteiger partial charge is 0.258 e. The highest BCUT2D eigenvalue weighted by atomic mass is 16.5. The number of nitrogens with one attached hydrogen (secondary N) is 1. The standard InChI is InChI=1S/C23H34N2O3/c1-15(2)19-13-9-7-11-17(5)28-20-14-10-8-12-18(20)23(27)25(6)21(16(3)4)22(26)24-19/h7-10,12,14-17,19,21H,11,13H2,1-6H3,(H,24,26)/b9-7-/t17-,19+,21+/m1/s1. The molecule has 28 heavy (non-hydrogen) atoms. The zero-order chi connectivity index (χ0) is 20.8. The van der Waals surface area contributed by atoms with E-state index < -0.39 is 6.04 Å². The highest BCUT2D eigenvalue weighted by Gasteiger charge is 2.33. The van der Waals surface area contributed by atoms with E-state index in [1.165, 1.54) is 0 Å². The van der Waals surface area contributed by atoms with E-state index in [0.29, 0.717) is 17.2 Å². The average Bonchev–Trinajstić information content (AvgIpc) is 2.63. The lowest BCUT2D eigenvalue weighted by atomic mass is 9.96. The van der Waals surface area contributed by atoms with Crippen LogP contribution in [0.15, 0.2) is 36.4 Å². The Hall–Kier alpha value is -2.30. The summed E-state index contributed by atoms with van der Waals surface area (Å²) >= 11 is 0. The minimum absolute atomic E-state index is 0.0165. The van der Waals surface area contributed by atoms with Crippen LogP contribution in [0.4, 0.5) is 0 Å². The normalized spacial score (nSPS) is 25.7. The number of rotatable bonds is 2. The molecule has 2 amide bonds. The largest absolute Gasteiger partial charge is 0.490 e. The van der Waals surface area contributed by atoms with Gasteiger partial charge in [0.25, 0.3) is 5.91 Å². The molecule has 1 aliphatic rings. The number of ether oxygens (including phenoxy) is 1. The van der Waals surface area contributed by atoms with Gasteiger partial charge in [0.15, 0.2) is 0 Å². The first-order valence-electron chi connectivity index (χ1n) is 10.2. The number of para-hydroxylation sites is 1. The zero-order valence-corrected chi connectivity index (χ0v) is 17.9. The highest BCUT2D eigenvalue weighted by Crippen LogP contribution is 2.24. The molecule has 1 N–H and O–H groups in total. The van der Waals surface area contributed by atoms with Crippen LogP contribution in [0.25, 0.3) is 0 Å². The minimum atomic E-state index is -0.550. The van der Waals surface area contributed by atoms with E-state index in [1.54, 1.807) is 18.0 Å². The second kappa shape index (κ2) is 9.76. The fourth-order valence-electron chi connectivity index (χ4n) is 3.55. The van der Waals surface area contributed by atoms with Gasteiger partial charge in [0, 0.05) is 19.5 Å². The van der Waals surface area contributed by atoms with Crippen molar-refractivity contribution in [1.29, 1.82) is 0 Å². The summed E-state index contributed by atoms with van der Waals surface area (Å²) in [5.41, 5.74) is 0.483. The van der Waals surface area contributed by atoms with Crippen LogP contribution in [0, 0.1) is 11.8 Å². The third-order valence-corrected chi connectivity index (χ3v) is 5.24. The van der Waals surface area contributed by atoms with Crippen LogP contribution in [0.5, 0.6) is 5.75 Å². The molecule has 1 aromatic rings. The predicted octanol–water partition coefficient (Wildman–Crippen LogP) is 4.04. The molecule has 3 atom stereocenters. The van der Waals surface area contributed by atoms with Gasteiger partial charge in [-0.1, -0.05) is 52.0 Å². The van der Waals surface area contributed by atoms with Crippen LogP contribution in [-0.4, -0.2) is 41.9 Å². The number of carbonyl (C=O) groups is 2.